The maximum Gasteiger partial charge on any atom is 0.142 e. The topological polar surface area (TPSA) is 27.0 Å². The van der Waals surface area contributed by atoms with Gasteiger partial charge in [0.05, 0.1) is 16.5 Å². The van der Waals surface area contributed by atoms with Crippen LogP contribution in [0.2, 0.25) is 5.02 Å². The lowest BCUT2D eigenvalue weighted by atomic mass is 9.82. The summed E-state index contributed by atoms with van der Waals surface area (Å²) in [4.78, 5) is 2.25. The summed E-state index contributed by atoms with van der Waals surface area (Å²) in [5.41, 5.74) is 0.735. The van der Waals surface area contributed by atoms with Crippen LogP contribution in [-0.2, 0) is 6.54 Å². The van der Waals surface area contributed by atoms with Gasteiger partial charge >= 0.3 is 0 Å². The molecule has 0 aliphatic carbocycles. The summed E-state index contributed by atoms with van der Waals surface area (Å²) in [6.45, 7) is 4.49. The molecule has 1 heterocycles. The molecule has 18 heavy (non-hydrogen) atoms. The van der Waals surface area contributed by atoms with Crippen LogP contribution in [0, 0.1) is 22.6 Å². The Balaban J connectivity index is 1.96. The molecule has 0 saturated carbocycles. The minimum absolute atomic E-state index is 0.162. The van der Waals surface area contributed by atoms with Gasteiger partial charge in [0.15, 0.2) is 0 Å². The lowest BCUT2D eigenvalue weighted by molar-refractivity contribution is 0.150. The summed E-state index contributed by atoms with van der Waals surface area (Å²) in [5.74, 6) is -0.368. The van der Waals surface area contributed by atoms with E-state index < -0.39 is 0 Å². The second-order valence-electron chi connectivity index (χ2n) is 5.20. The fourth-order valence-corrected chi connectivity index (χ4v) is 2.33. The molecule has 0 bridgehead atoms. The van der Waals surface area contributed by atoms with E-state index in [1.807, 2.05) is 13.0 Å². The first-order chi connectivity index (χ1) is 8.52. The predicted molar refractivity (Wildman–Crippen MR) is 69.6 cm³/mol. The van der Waals surface area contributed by atoms with Crippen LogP contribution in [0.15, 0.2) is 18.2 Å². The molecule has 0 radical (unpaired) electrons. The van der Waals surface area contributed by atoms with Gasteiger partial charge in [-0.05, 0) is 50.6 Å². The SMILES string of the molecule is CC1(C#N)CCN(Cc2ccc(Cl)c(F)c2)CC1. The number of nitriles is 1. The molecular formula is C14H16ClFN2. The van der Waals surface area contributed by atoms with Crippen LogP contribution >= 0.6 is 11.6 Å². The highest BCUT2D eigenvalue weighted by molar-refractivity contribution is 6.30. The van der Waals surface area contributed by atoms with Crippen molar-refractivity contribution in [1.29, 1.82) is 5.26 Å². The average Bonchev–Trinajstić information content (AvgIpc) is 2.37. The van der Waals surface area contributed by atoms with E-state index in [1.165, 1.54) is 6.07 Å². The van der Waals surface area contributed by atoms with Gasteiger partial charge in [-0.3, -0.25) is 4.90 Å². The molecule has 1 aromatic carbocycles. The van der Waals surface area contributed by atoms with E-state index in [4.69, 9.17) is 16.9 Å². The summed E-state index contributed by atoms with van der Waals surface area (Å²) >= 11 is 5.65. The number of benzene rings is 1. The molecule has 2 nitrogen and oxygen atoms in total. The third-order valence-corrected chi connectivity index (χ3v) is 3.93. The van der Waals surface area contributed by atoms with Crippen molar-refractivity contribution in [3.8, 4) is 6.07 Å². The maximum absolute atomic E-state index is 13.3. The van der Waals surface area contributed by atoms with Gasteiger partial charge in [0.25, 0.3) is 0 Å². The van der Waals surface area contributed by atoms with Crippen LogP contribution in [0.25, 0.3) is 0 Å². The highest BCUT2D eigenvalue weighted by atomic mass is 35.5. The van der Waals surface area contributed by atoms with E-state index in [-0.39, 0.29) is 16.3 Å². The second-order valence-corrected chi connectivity index (χ2v) is 5.60. The molecule has 0 amide bonds. The quantitative estimate of drug-likeness (QED) is 0.818. The first-order valence-corrected chi connectivity index (χ1v) is 6.48. The van der Waals surface area contributed by atoms with Crippen LogP contribution in [0.1, 0.15) is 25.3 Å². The molecule has 1 fully saturated rings. The highest BCUT2D eigenvalue weighted by Gasteiger charge is 2.29. The van der Waals surface area contributed by atoms with Crippen molar-refractivity contribution in [2.45, 2.75) is 26.3 Å². The number of rotatable bonds is 2. The van der Waals surface area contributed by atoms with Gasteiger partial charge < -0.3 is 0 Å². The van der Waals surface area contributed by atoms with Crippen molar-refractivity contribution >= 4 is 11.6 Å². The van der Waals surface area contributed by atoms with Crippen LogP contribution in [0.3, 0.4) is 0 Å². The Hall–Kier alpha value is -1.11. The molecule has 0 unspecified atom stereocenters. The molecule has 1 aromatic rings. The van der Waals surface area contributed by atoms with Crippen molar-refractivity contribution in [3.63, 3.8) is 0 Å². The smallest absolute Gasteiger partial charge is 0.142 e. The first-order valence-electron chi connectivity index (χ1n) is 6.10. The zero-order valence-corrected chi connectivity index (χ0v) is 11.2. The molecule has 0 aromatic heterocycles. The number of hydrogen-bond acceptors (Lipinski definition) is 2. The van der Waals surface area contributed by atoms with Gasteiger partial charge in [0, 0.05) is 6.54 Å². The molecule has 1 aliphatic rings. The maximum atomic E-state index is 13.3. The molecular weight excluding hydrogens is 251 g/mol. The average molecular weight is 267 g/mol. The summed E-state index contributed by atoms with van der Waals surface area (Å²) in [6.07, 6.45) is 1.75. The standard InChI is InChI=1S/C14H16ClFN2/c1-14(10-17)4-6-18(7-5-14)9-11-2-3-12(15)13(16)8-11/h2-3,8H,4-7,9H2,1H3. The number of nitrogens with zero attached hydrogens (tertiary/aromatic N) is 2. The zero-order chi connectivity index (χ0) is 13.2. The Morgan fingerprint density at radius 1 is 1.44 bits per heavy atom. The Kier molecular flexibility index (Phi) is 3.89. The van der Waals surface area contributed by atoms with Crippen LogP contribution in [0.4, 0.5) is 4.39 Å². The minimum atomic E-state index is -0.368. The van der Waals surface area contributed by atoms with E-state index >= 15 is 0 Å². The van der Waals surface area contributed by atoms with Crippen molar-refractivity contribution in [2.24, 2.45) is 5.41 Å². The van der Waals surface area contributed by atoms with E-state index in [9.17, 15) is 4.39 Å². The first kappa shape index (κ1) is 13.3. The summed E-state index contributed by atoms with van der Waals surface area (Å²) in [7, 11) is 0. The van der Waals surface area contributed by atoms with Crippen LogP contribution < -0.4 is 0 Å². The van der Waals surface area contributed by atoms with Crippen molar-refractivity contribution in [1.82, 2.24) is 4.90 Å². The summed E-state index contributed by atoms with van der Waals surface area (Å²) < 4.78 is 13.3. The lowest BCUT2D eigenvalue weighted by Crippen LogP contribution is -2.37. The third kappa shape index (κ3) is 3.01. The van der Waals surface area contributed by atoms with Gasteiger partial charge in [0.2, 0.25) is 0 Å². The number of piperidine rings is 1. The molecule has 2 rings (SSSR count). The summed E-state index contributed by atoms with van der Waals surface area (Å²) in [6, 6.07) is 7.31. The Morgan fingerprint density at radius 3 is 2.67 bits per heavy atom. The zero-order valence-electron chi connectivity index (χ0n) is 10.4. The lowest BCUT2D eigenvalue weighted by Gasteiger charge is -2.34. The molecule has 0 N–H and O–H groups in total. The minimum Gasteiger partial charge on any atom is -0.299 e. The van der Waals surface area contributed by atoms with Crippen molar-refractivity contribution < 1.29 is 4.39 Å². The molecule has 4 heteroatoms. The highest BCUT2D eigenvalue weighted by Crippen LogP contribution is 2.30. The number of likely N-dealkylation sites (tertiary alicyclic amines) is 1. The van der Waals surface area contributed by atoms with Gasteiger partial charge in [0.1, 0.15) is 5.82 Å². The normalized spacial score (nSPS) is 19.4. The molecule has 96 valence electrons. The number of halogens is 2. The summed E-state index contributed by atoms with van der Waals surface area (Å²) in [5, 5.41) is 9.22. The molecule has 1 aliphatic heterocycles. The van der Waals surface area contributed by atoms with Gasteiger partial charge in [-0.1, -0.05) is 17.7 Å². The Morgan fingerprint density at radius 2 is 2.11 bits per heavy atom. The monoisotopic (exact) mass is 266 g/mol. The Labute approximate surface area is 112 Å². The third-order valence-electron chi connectivity index (χ3n) is 3.62. The molecule has 0 atom stereocenters. The van der Waals surface area contributed by atoms with Crippen molar-refractivity contribution in [3.05, 3.63) is 34.6 Å². The molecule has 0 spiro atoms. The van der Waals surface area contributed by atoms with E-state index in [0.717, 1.165) is 38.0 Å². The van der Waals surface area contributed by atoms with Gasteiger partial charge in [-0.2, -0.15) is 5.26 Å². The second kappa shape index (κ2) is 5.26. The van der Waals surface area contributed by atoms with Crippen LogP contribution in [-0.4, -0.2) is 18.0 Å². The van der Waals surface area contributed by atoms with Gasteiger partial charge in [-0.25, -0.2) is 4.39 Å². The van der Waals surface area contributed by atoms with Gasteiger partial charge in [-0.15, -0.1) is 0 Å². The Bertz CT molecular complexity index is 473. The molecule has 1 saturated heterocycles. The fourth-order valence-electron chi connectivity index (χ4n) is 2.21. The van der Waals surface area contributed by atoms with Crippen LogP contribution in [0.5, 0.6) is 0 Å². The van der Waals surface area contributed by atoms with Crippen molar-refractivity contribution in [2.75, 3.05) is 13.1 Å². The van der Waals surface area contributed by atoms with E-state index in [0.29, 0.717) is 0 Å². The van der Waals surface area contributed by atoms with E-state index in [2.05, 4.69) is 11.0 Å². The predicted octanol–water partition coefficient (Wildman–Crippen LogP) is 3.60. The largest absolute Gasteiger partial charge is 0.299 e. The number of hydrogen-bond donors (Lipinski definition) is 0. The fraction of sp³-hybridized carbons (Fsp3) is 0.500. The van der Waals surface area contributed by atoms with E-state index in [1.54, 1.807) is 6.07 Å².